The van der Waals surface area contributed by atoms with Gasteiger partial charge in [0, 0.05) is 6.08 Å². The molecule has 5 heteroatoms. The number of hydrogen-bond donors (Lipinski definition) is 0. The van der Waals surface area contributed by atoms with Crippen LogP contribution >= 0.6 is 0 Å². The van der Waals surface area contributed by atoms with E-state index in [1.807, 2.05) is 105 Å². The van der Waals surface area contributed by atoms with Crippen molar-refractivity contribution in [2.45, 2.75) is 19.4 Å². The van der Waals surface area contributed by atoms with Crippen molar-refractivity contribution in [1.29, 1.82) is 0 Å². The summed E-state index contributed by atoms with van der Waals surface area (Å²) in [6, 6.07) is 41.0. The summed E-state index contributed by atoms with van der Waals surface area (Å²) >= 11 is 0. The molecule has 4 nitrogen and oxygen atoms in total. The van der Waals surface area contributed by atoms with Gasteiger partial charge in [-0.05, 0) is 35.0 Å². The maximum atomic E-state index is 13.1. The largest absolute Gasteiger partial charge is 0.518 e. The lowest BCUT2D eigenvalue weighted by molar-refractivity contribution is 0.148. The summed E-state index contributed by atoms with van der Waals surface area (Å²) in [4.78, 5) is 14.8. The maximum absolute atomic E-state index is 13.1. The fourth-order valence-electron chi connectivity index (χ4n) is 4.69. The van der Waals surface area contributed by atoms with Crippen LogP contribution in [-0.4, -0.2) is 31.5 Å². The minimum absolute atomic E-state index is 0.290. The molecule has 0 spiro atoms. The first-order valence-corrected chi connectivity index (χ1v) is 14.0. The Morgan fingerprint density at radius 3 is 1.56 bits per heavy atom. The summed E-state index contributed by atoms with van der Waals surface area (Å²) in [5.74, 6) is 0.483. The number of carbonyl (C=O) groups excluding carboxylic acids is 1. The zero-order valence-corrected chi connectivity index (χ0v) is 21.5. The quantitative estimate of drug-likeness (QED) is 0.210. The van der Waals surface area contributed by atoms with Crippen LogP contribution in [0.5, 0.6) is 0 Å². The highest BCUT2D eigenvalue weighted by Crippen LogP contribution is 2.31. The second-order valence-electron chi connectivity index (χ2n) is 9.48. The Balaban J connectivity index is 1.79. The molecule has 0 unspecified atom stereocenters. The van der Waals surface area contributed by atoms with Gasteiger partial charge in [-0.15, -0.1) is 0 Å². The predicted molar refractivity (Wildman–Crippen MR) is 147 cm³/mol. The number of amides is 1. The molecule has 0 aliphatic carbocycles. The van der Waals surface area contributed by atoms with E-state index in [1.165, 1.54) is 0 Å². The van der Waals surface area contributed by atoms with Gasteiger partial charge >= 0.3 is 14.4 Å². The maximum Gasteiger partial charge on any atom is 0.417 e. The molecule has 36 heavy (non-hydrogen) atoms. The minimum atomic E-state index is -3.12. The van der Waals surface area contributed by atoms with Gasteiger partial charge in [0.1, 0.15) is 6.61 Å². The molecule has 5 rings (SSSR count). The van der Waals surface area contributed by atoms with Gasteiger partial charge in [-0.2, -0.15) is 0 Å². The number of nitrogens with zero attached hydrogens (tertiary/aromatic N) is 1. The zero-order valence-electron chi connectivity index (χ0n) is 20.5. The van der Waals surface area contributed by atoms with Gasteiger partial charge in [-0.3, -0.25) is 0 Å². The predicted octanol–water partition coefficient (Wildman–Crippen LogP) is 4.90. The molecule has 180 valence electrons. The Hall–Kier alpha value is -4.09. The SMILES string of the molecule is CC1(C)COC(=O)N1/C(=C\c1ccccc1)O[Si](c1ccccc1)(c1ccccc1)c1ccccc1. The van der Waals surface area contributed by atoms with Crippen LogP contribution in [0.15, 0.2) is 127 Å². The molecule has 4 aromatic carbocycles. The molecule has 0 aromatic heterocycles. The van der Waals surface area contributed by atoms with Crippen molar-refractivity contribution < 1.29 is 14.0 Å². The number of rotatable bonds is 7. The van der Waals surface area contributed by atoms with Crippen LogP contribution in [0.4, 0.5) is 4.79 Å². The number of ether oxygens (including phenoxy) is 1. The molecule has 1 saturated heterocycles. The van der Waals surface area contributed by atoms with Crippen LogP contribution in [-0.2, 0) is 9.16 Å². The van der Waals surface area contributed by atoms with Crippen molar-refractivity contribution in [2.75, 3.05) is 6.61 Å². The molecule has 1 aliphatic heterocycles. The van der Waals surface area contributed by atoms with Crippen LogP contribution < -0.4 is 15.6 Å². The lowest BCUT2D eigenvalue weighted by Gasteiger charge is -2.38. The van der Waals surface area contributed by atoms with Gasteiger partial charge in [0.2, 0.25) is 0 Å². The highest BCUT2D eigenvalue weighted by atomic mass is 28.4. The number of carbonyl (C=O) groups is 1. The van der Waals surface area contributed by atoms with Crippen molar-refractivity contribution in [2.24, 2.45) is 0 Å². The van der Waals surface area contributed by atoms with E-state index in [9.17, 15) is 4.79 Å². The van der Waals surface area contributed by atoms with Crippen LogP contribution in [0.25, 0.3) is 6.08 Å². The smallest absolute Gasteiger partial charge is 0.417 e. The van der Waals surface area contributed by atoms with Crippen molar-refractivity contribution in [3.8, 4) is 0 Å². The van der Waals surface area contributed by atoms with Gasteiger partial charge in [-0.1, -0.05) is 121 Å². The summed E-state index contributed by atoms with van der Waals surface area (Å²) in [7, 11) is -3.12. The second kappa shape index (κ2) is 9.88. The Morgan fingerprint density at radius 1 is 0.750 bits per heavy atom. The summed E-state index contributed by atoms with van der Waals surface area (Å²) < 4.78 is 12.8. The molecule has 4 aromatic rings. The van der Waals surface area contributed by atoms with E-state index < -0.39 is 19.9 Å². The van der Waals surface area contributed by atoms with Gasteiger partial charge in [-0.25, -0.2) is 9.69 Å². The fourth-order valence-corrected chi connectivity index (χ4v) is 8.49. The van der Waals surface area contributed by atoms with E-state index in [0.717, 1.165) is 21.1 Å². The van der Waals surface area contributed by atoms with Gasteiger partial charge in [0.25, 0.3) is 0 Å². The number of hydrogen-bond acceptors (Lipinski definition) is 3. The molecular formula is C31H29NO3Si. The molecule has 0 saturated carbocycles. The van der Waals surface area contributed by atoms with Gasteiger partial charge in [0.05, 0.1) is 5.54 Å². The molecule has 0 bridgehead atoms. The van der Waals surface area contributed by atoms with Crippen molar-refractivity contribution >= 4 is 36.0 Å². The Bertz CT molecular complexity index is 1240. The van der Waals surface area contributed by atoms with Crippen LogP contribution in [0, 0.1) is 0 Å². The van der Waals surface area contributed by atoms with Crippen molar-refractivity contribution in [1.82, 2.24) is 4.90 Å². The third-order valence-electron chi connectivity index (χ3n) is 6.45. The van der Waals surface area contributed by atoms with E-state index in [4.69, 9.17) is 9.16 Å². The van der Waals surface area contributed by atoms with E-state index in [2.05, 4.69) is 36.4 Å². The first-order valence-electron chi connectivity index (χ1n) is 12.1. The average molecular weight is 492 g/mol. The Morgan fingerprint density at radius 2 is 1.17 bits per heavy atom. The summed E-state index contributed by atoms with van der Waals surface area (Å²) in [6.45, 7) is 4.28. The number of cyclic esters (lactones) is 1. The Labute approximate surface area is 213 Å². The van der Waals surface area contributed by atoms with Crippen molar-refractivity contribution in [3.63, 3.8) is 0 Å². The van der Waals surface area contributed by atoms with E-state index in [-0.39, 0.29) is 6.61 Å². The summed E-state index contributed by atoms with van der Waals surface area (Å²) in [5, 5.41) is 3.27. The zero-order chi connectivity index (χ0) is 25.0. The third kappa shape index (κ3) is 4.45. The minimum Gasteiger partial charge on any atom is -0.518 e. The fraction of sp³-hybridized carbons (Fsp3) is 0.129. The molecular weight excluding hydrogens is 462 g/mol. The molecule has 1 fully saturated rings. The topological polar surface area (TPSA) is 38.8 Å². The Kier molecular flexibility index (Phi) is 6.49. The van der Waals surface area contributed by atoms with E-state index in [1.54, 1.807) is 4.90 Å². The van der Waals surface area contributed by atoms with Crippen LogP contribution in [0.3, 0.4) is 0 Å². The highest BCUT2D eigenvalue weighted by Gasteiger charge is 2.49. The standard InChI is InChI=1S/C31H29NO3Si/c1-31(2)24-34-30(33)32(31)29(23-25-15-7-3-8-16-25)35-36(26-17-9-4-10-18-26,27-19-11-5-12-20-27)28-21-13-6-14-22-28/h3-23H,24H2,1-2H3/b29-23+. The van der Waals surface area contributed by atoms with Crippen molar-refractivity contribution in [3.05, 3.63) is 133 Å². The molecule has 0 radical (unpaired) electrons. The normalized spacial score (nSPS) is 15.4. The van der Waals surface area contributed by atoms with Crippen LogP contribution in [0.1, 0.15) is 19.4 Å². The van der Waals surface area contributed by atoms with E-state index >= 15 is 0 Å². The summed E-state index contributed by atoms with van der Waals surface area (Å²) in [5.41, 5.74) is 0.377. The molecule has 1 heterocycles. The third-order valence-corrected chi connectivity index (χ3v) is 10.4. The first kappa shape index (κ1) is 23.6. The second-order valence-corrected chi connectivity index (χ2v) is 12.8. The lowest BCUT2D eigenvalue weighted by Crippen LogP contribution is -2.70. The summed E-state index contributed by atoms with van der Waals surface area (Å²) in [6.07, 6.45) is 1.55. The molecule has 1 aliphatic rings. The van der Waals surface area contributed by atoms with Gasteiger partial charge < -0.3 is 9.16 Å². The van der Waals surface area contributed by atoms with Gasteiger partial charge in [0.15, 0.2) is 5.88 Å². The highest BCUT2D eigenvalue weighted by molar-refractivity contribution is 7.07. The monoisotopic (exact) mass is 491 g/mol. The molecule has 0 N–H and O–H groups in total. The first-order chi connectivity index (χ1) is 17.5. The van der Waals surface area contributed by atoms with Crippen LogP contribution in [0.2, 0.25) is 0 Å². The molecule has 1 amide bonds. The average Bonchev–Trinajstić information content (AvgIpc) is 3.20. The lowest BCUT2D eigenvalue weighted by atomic mass is 10.1. The molecule has 0 atom stereocenters. The van der Waals surface area contributed by atoms with E-state index in [0.29, 0.717) is 5.88 Å². The number of benzene rings is 4.